The third kappa shape index (κ3) is 2.84. The minimum atomic E-state index is 0.119. The standard InChI is InChI=1S/C21H23NO2/c1-22(20-12-16-5-2-3-6-17(16)13-20)21(23)18-8-4-7-15(11-18)19-9-10-24-14-19/h2-8,11,19-20H,9-10,12-14H2,1H3. The normalized spacial score (nSPS) is 20.1. The molecular formula is C21H23NO2. The minimum Gasteiger partial charge on any atom is -0.381 e. The highest BCUT2D eigenvalue weighted by molar-refractivity contribution is 5.94. The molecule has 1 amide bonds. The summed E-state index contributed by atoms with van der Waals surface area (Å²) in [6.07, 6.45) is 2.95. The Balaban J connectivity index is 1.50. The molecule has 0 aromatic heterocycles. The molecular weight excluding hydrogens is 298 g/mol. The Hall–Kier alpha value is -2.13. The van der Waals surface area contributed by atoms with Gasteiger partial charge in [0.1, 0.15) is 0 Å². The highest BCUT2D eigenvalue weighted by Crippen LogP contribution is 2.28. The summed E-state index contributed by atoms with van der Waals surface area (Å²) in [5, 5.41) is 0. The molecule has 3 nitrogen and oxygen atoms in total. The van der Waals surface area contributed by atoms with Crippen LogP contribution >= 0.6 is 0 Å². The summed E-state index contributed by atoms with van der Waals surface area (Å²) in [7, 11) is 1.93. The maximum Gasteiger partial charge on any atom is 0.253 e. The number of benzene rings is 2. The molecule has 2 aliphatic rings. The summed E-state index contributed by atoms with van der Waals surface area (Å²) in [6, 6.07) is 16.9. The predicted octanol–water partition coefficient (Wildman–Crippen LogP) is 3.43. The van der Waals surface area contributed by atoms with Gasteiger partial charge in [-0.25, -0.2) is 0 Å². The van der Waals surface area contributed by atoms with Gasteiger partial charge in [-0.3, -0.25) is 4.79 Å². The van der Waals surface area contributed by atoms with Gasteiger partial charge in [0.05, 0.1) is 6.61 Å². The maximum atomic E-state index is 12.9. The van der Waals surface area contributed by atoms with E-state index in [1.54, 1.807) is 0 Å². The Morgan fingerprint density at radius 1 is 1.08 bits per heavy atom. The van der Waals surface area contributed by atoms with Crippen LogP contribution in [0.5, 0.6) is 0 Å². The number of fused-ring (bicyclic) bond motifs is 1. The van der Waals surface area contributed by atoms with Crippen LogP contribution in [0, 0.1) is 0 Å². The van der Waals surface area contributed by atoms with Gasteiger partial charge in [-0.15, -0.1) is 0 Å². The molecule has 1 aliphatic heterocycles. The smallest absolute Gasteiger partial charge is 0.253 e. The van der Waals surface area contributed by atoms with Gasteiger partial charge in [0.2, 0.25) is 0 Å². The van der Waals surface area contributed by atoms with Crippen molar-refractivity contribution in [3.05, 3.63) is 70.8 Å². The SMILES string of the molecule is CN(C(=O)c1cccc(C2CCOC2)c1)C1Cc2ccccc2C1. The first-order chi connectivity index (χ1) is 11.7. The fraction of sp³-hybridized carbons (Fsp3) is 0.381. The largest absolute Gasteiger partial charge is 0.381 e. The molecule has 4 rings (SSSR count). The average Bonchev–Trinajstić information content (AvgIpc) is 3.30. The van der Waals surface area contributed by atoms with E-state index in [1.165, 1.54) is 16.7 Å². The second-order valence-electron chi connectivity index (χ2n) is 6.93. The molecule has 1 aliphatic carbocycles. The highest BCUT2D eigenvalue weighted by Gasteiger charge is 2.28. The van der Waals surface area contributed by atoms with Crippen LogP contribution in [-0.2, 0) is 17.6 Å². The molecule has 0 N–H and O–H groups in total. The van der Waals surface area contributed by atoms with Gasteiger partial charge in [-0.1, -0.05) is 36.4 Å². The molecule has 0 bridgehead atoms. The van der Waals surface area contributed by atoms with Gasteiger partial charge in [0.25, 0.3) is 5.91 Å². The quantitative estimate of drug-likeness (QED) is 0.867. The number of carbonyl (C=O) groups excluding carboxylic acids is 1. The van der Waals surface area contributed by atoms with E-state index < -0.39 is 0 Å². The van der Waals surface area contributed by atoms with Gasteiger partial charge in [-0.05, 0) is 48.1 Å². The van der Waals surface area contributed by atoms with Crippen molar-refractivity contribution in [2.45, 2.75) is 31.2 Å². The Labute approximate surface area is 143 Å². The molecule has 1 atom stereocenters. The summed E-state index contributed by atoms with van der Waals surface area (Å²) in [5.41, 5.74) is 4.76. The number of nitrogens with zero attached hydrogens (tertiary/aromatic N) is 1. The third-order valence-corrected chi connectivity index (χ3v) is 5.43. The summed E-state index contributed by atoms with van der Waals surface area (Å²) >= 11 is 0. The van der Waals surface area contributed by atoms with Crippen LogP contribution in [-0.4, -0.2) is 37.1 Å². The van der Waals surface area contributed by atoms with Crippen molar-refractivity contribution >= 4 is 5.91 Å². The van der Waals surface area contributed by atoms with Gasteiger partial charge >= 0.3 is 0 Å². The summed E-state index contributed by atoms with van der Waals surface area (Å²) < 4.78 is 5.48. The topological polar surface area (TPSA) is 29.5 Å². The molecule has 0 saturated carbocycles. The fourth-order valence-corrected chi connectivity index (χ4v) is 3.90. The Kier molecular flexibility index (Phi) is 4.11. The molecule has 1 fully saturated rings. The lowest BCUT2D eigenvalue weighted by atomic mass is 9.96. The number of ether oxygens (including phenoxy) is 1. The number of rotatable bonds is 3. The van der Waals surface area contributed by atoms with Crippen molar-refractivity contribution in [3.8, 4) is 0 Å². The number of carbonyl (C=O) groups is 1. The van der Waals surface area contributed by atoms with E-state index in [9.17, 15) is 4.79 Å². The molecule has 24 heavy (non-hydrogen) atoms. The van der Waals surface area contributed by atoms with Crippen molar-refractivity contribution in [2.24, 2.45) is 0 Å². The third-order valence-electron chi connectivity index (χ3n) is 5.43. The lowest BCUT2D eigenvalue weighted by Crippen LogP contribution is -2.37. The monoisotopic (exact) mass is 321 g/mol. The highest BCUT2D eigenvalue weighted by atomic mass is 16.5. The van der Waals surface area contributed by atoms with E-state index in [4.69, 9.17) is 4.74 Å². The molecule has 2 aromatic carbocycles. The van der Waals surface area contributed by atoms with Crippen molar-refractivity contribution in [2.75, 3.05) is 20.3 Å². The van der Waals surface area contributed by atoms with Gasteiger partial charge in [0.15, 0.2) is 0 Å². The fourth-order valence-electron chi connectivity index (χ4n) is 3.90. The first-order valence-corrected chi connectivity index (χ1v) is 8.74. The summed E-state index contributed by atoms with van der Waals surface area (Å²) in [6.45, 7) is 1.59. The zero-order valence-electron chi connectivity index (χ0n) is 14.1. The average molecular weight is 321 g/mol. The number of amides is 1. The van der Waals surface area contributed by atoms with Crippen LogP contribution in [0.1, 0.15) is 39.4 Å². The van der Waals surface area contributed by atoms with Crippen LogP contribution in [0.2, 0.25) is 0 Å². The first kappa shape index (κ1) is 15.4. The molecule has 3 heteroatoms. The minimum absolute atomic E-state index is 0.119. The summed E-state index contributed by atoms with van der Waals surface area (Å²) in [4.78, 5) is 14.9. The van der Waals surface area contributed by atoms with Crippen LogP contribution in [0.4, 0.5) is 0 Å². The molecule has 0 radical (unpaired) electrons. The molecule has 1 saturated heterocycles. The van der Waals surface area contributed by atoms with Crippen LogP contribution in [0.3, 0.4) is 0 Å². The first-order valence-electron chi connectivity index (χ1n) is 8.74. The van der Waals surface area contributed by atoms with Crippen molar-refractivity contribution in [1.29, 1.82) is 0 Å². The maximum absolute atomic E-state index is 12.9. The zero-order valence-corrected chi connectivity index (χ0v) is 14.1. The molecule has 124 valence electrons. The van der Waals surface area contributed by atoms with Crippen LogP contribution in [0.25, 0.3) is 0 Å². The number of hydrogen-bond acceptors (Lipinski definition) is 2. The molecule has 1 unspecified atom stereocenters. The van der Waals surface area contributed by atoms with Crippen molar-refractivity contribution < 1.29 is 9.53 Å². The van der Waals surface area contributed by atoms with Gasteiger partial charge < -0.3 is 9.64 Å². The Morgan fingerprint density at radius 2 is 1.83 bits per heavy atom. The summed E-state index contributed by atoms with van der Waals surface area (Å²) in [5.74, 6) is 0.548. The number of hydrogen-bond donors (Lipinski definition) is 0. The van der Waals surface area contributed by atoms with Crippen LogP contribution in [0.15, 0.2) is 48.5 Å². The van der Waals surface area contributed by atoms with E-state index >= 15 is 0 Å². The predicted molar refractivity (Wildman–Crippen MR) is 94.4 cm³/mol. The second-order valence-corrected chi connectivity index (χ2v) is 6.93. The second kappa shape index (κ2) is 6.40. The van der Waals surface area contributed by atoms with E-state index in [0.717, 1.165) is 38.0 Å². The molecule has 0 spiro atoms. The van der Waals surface area contributed by atoms with Crippen molar-refractivity contribution in [1.82, 2.24) is 4.90 Å². The van der Waals surface area contributed by atoms with Crippen LogP contribution < -0.4 is 0 Å². The molecule has 2 aromatic rings. The van der Waals surface area contributed by atoms with E-state index in [2.05, 4.69) is 36.4 Å². The van der Waals surface area contributed by atoms with Crippen molar-refractivity contribution in [3.63, 3.8) is 0 Å². The lowest BCUT2D eigenvalue weighted by Gasteiger charge is -2.25. The molecule has 1 heterocycles. The zero-order chi connectivity index (χ0) is 16.5. The lowest BCUT2D eigenvalue weighted by molar-refractivity contribution is 0.0737. The Morgan fingerprint density at radius 3 is 2.50 bits per heavy atom. The van der Waals surface area contributed by atoms with E-state index in [0.29, 0.717) is 5.92 Å². The Bertz CT molecular complexity index is 724. The van der Waals surface area contributed by atoms with E-state index in [1.807, 2.05) is 24.1 Å². The number of likely N-dealkylation sites (N-methyl/N-ethyl adjacent to an activating group) is 1. The van der Waals surface area contributed by atoms with Gasteiger partial charge in [-0.2, -0.15) is 0 Å². The van der Waals surface area contributed by atoms with E-state index in [-0.39, 0.29) is 11.9 Å². The van der Waals surface area contributed by atoms with Gasteiger partial charge in [0, 0.05) is 31.2 Å².